The van der Waals surface area contributed by atoms with Gasteiger partial charge in [-0.1, -0.05) is 23.7 Å². The van der Waals surface area contributed by atoms with E-state index in [4.69, 9.17) is 16.7 Å². The molecule has 0 fully saturated rings. The Morgan fingerprint density at radius 1 is 1.40 bits per heavy atom. The molecule has 0 aliphatic carbocycles. The lowest BCUT2D eigenvalue weighted by Crippen LogP contribution is -2.29. The number of nitrogens with zero attached hydrogens (tertiary/aromatic N) is 1. The van der Waals surface area contributed by atoms with Crippen LogP contribution in [0.2, 0.25) is 5.02 Å². The molecule has 0 saturated carbocycles. The van der Waals surface area contributed by atoms with Gasteiger partial charge in [-0.25, -0.2) is 0 Å². The van der Waals surface area contributed by atoms with E-state index in [-0.39, 0.29) is 6.42 Å². The largest absolute Gasteiger partial charge is 0.481 e. The summed E-state index contributed by atoms with van der Waals surface area (Å²) in [6.07, 6.45) is 1.06. The molecule has 0 atom stereocenters. The molecule has 3 rings (SSSR count). The first-order valence-corrected chi connectivity index (χ1v) is 7.64. The lowest BCUT2D eigenvalue weighted by molar-refractivity contribution is -0.136. The van der Waals surface area contributed by atoms with Gasteiger partial charge >= 0.3 is 5.97 Å². The molecule has 0 amide bonds. The number of carboxylic acid groups (broad SMARTS) is 1. The van der Waals surface area contributed by atoms with Gasteiger partial charge < -0.3 is 10.0 Å². The minimum Gasteiger partial charge on any atom is -0.481 e. The second-order valence-corrected chi connectivity index (χ2v) is 6.48. The number of anilines is 1. The summed E-state index contributed by atoms with van der Waals surface area (Å²) in [6, 6.07) is 9.86. The molecule has 0 radical (unpaired) electrons. The first-order valence-electron chi connectivity index (χ1n) is 6.45. The summed E-state index contributed by atoms with van der Waals surface area (Å²) in [5.41, 5.74) is 2.28. The van der Waals surface area contributed by atoms with Crippen molar-refractivity contribution in [2.24, 2.45) is 0 Å². The Balaban J connectivity index is 1.83. The average Bonchev–Trinajstić information content (AvgIpc) is 2.79. The predicted molar refractivity (Wildman–Crippen MR) is 81.9 cm³/mol. The first kappa shape index (κ1) is 13.5. The number of carboxylic acids is 1. The van der Waals surface area contributed by atoms with E-state index in [0.717, 1.165) is 35.1 Å². The number of benzene rings is 1. The van der Waals surface area contributed by atoms with Gasteiger partial charge in [-0.3, -0.25) is 4.79 Å². The van der Waals surface area contributed by atoms with E-state index in [1.807, 2.05) is 30.3 Å². The van der Waals surface area contributed by atoms with Crippen LogP contribution in [-0.2, 0) is 24.2 Å². The van der Waals surface area contributed by atoms with Gasteiger partial charge in [0.2, 0.25) is 0 Å². The van der Waals surface area contributed by atoms with Gasteiger partial charge in [0.1, 0.15) is 0 Å². The van der Waals surface area contributed by atoms with E-state index < -0.39 is 5.97 Å². The van der Waals surface area contributed by atoms with E-state index in [2.05, 4.69) is 4.90 Å². The van der Waals surface area contributed by atoms with Crippen molar-refractivity contribution in [2.45, 2.75) is 19.4 Å². The number of thiophene rings is 1. The first-order chi connectivity index (χ1) is 9.63. The van der Waals surface area contributed by atoms with Crippen molar-refractivity contribution < 1.29 is 9.90 Å². The minimum atomic E-state index is -0.772. The third kappa shape index (κ3) is 2.67. The van der Waals surface area contributed by atoms with Crippen LogP contribution in [0.1, 0.15) is 15.3 Å². The van der Waals surface area contributed by atoms with E-state index >= 15 is 0 Å². The second-order valence-electron chi connectivity index (χ2n) is 4.85. The fourth-order valence-corrected chi connectivity index (χ4v) is 3.96. The Hall–Kier alpha value is -1.52. The van der Waals surface area contributed by atoms with Crippen molar-refractivity contribution in [1.29, 1.82) is 0 Å². The van der Waals surface area contributed by atoms with Gasteiger partial charge in [-0.2, -0.15) is 0 Å². The monoisotopic (exact) mass is 307 g/mol. The molecule has 2 aromatic rings. The average molecular weight is 308 g/mol. The maximum Gasteiger partial charge on any atom is 0.308 e. The van der Waals surface area contributed by atoms with Crippen LogP contribution in [-0.4, -0.2) is 17.6 Å². The molecule has 0 spiro atoms. The number of aliphatic carboxylic acids is 1. The second kappa shape index (κ2) is 5.46. The highest BCUT2D eigenvalue weighted by Gasteiger charge is 2.21. The molecule has 1 N–H and O–H groups in total. The molecule has 3 nitrogen and oxygen atoms in total. The van der Waals surface area contributed by atoms with Crippen molar-refractivity contribution >= 4 is 34.6 Å². The summed E-state index contributed by atoms with van der Waals surface area (Å²) >= 11 is 7.87. The van der Waals surface area contributed by atoms with Crippen molar-refractivity contribution in [3.05, 3.63) is 50.7 Å². The van der Waals surface area contributed by atoms with Crippen molar-refractivity contribution in [3.63, 3.8) is 0 Å². The smallest absolute Gasteiger partial charge is 0.308 e. The zero-order valence-corrected chi connectivity index (χ0v) is 12.4. The fourth-order valence-electron chi connectivity index (χ4n) is 2.54. The molecule has 2 heterocycles. The molecule has 1 aromatic carbocycles. The number of hydrogen-bond acceptors (Lipinski definition) is 3. The SMILES string of the molecule is O=C(O)Cc1cc2c(s1)CCN(c1ccccc1Cl)C2. The highest BCUT2D eigenvalue weighted by atomic mass is 35.5. The van der Waals surface area contributed by atoms with Crippen LogP contribution < -0.4 is 4.90 Å². The van der Waals surface area contributed by atoms with E-state index in [9.17, 15) is 4.79 Å². The Kier molecular flexibility index (Phi) is 3.68. The number of carbonyl (C=O) groups is 1. The van der Waals surface area contributed by atoms with Crippen LogP contribution in [0.5, 0.6) is 0 Å². The standard InChI is InChI=1S/C15H14ClNO2S/c16-12-3-1-2-4-13(12)17-6-5-14-10(9-17)7-11(20-14)8-15(18)19/h1-4,7H,5-6,8-9H2,(H,18,19). The van der Waals surface area contributed by atoms with Gasteiger partial charge in [0.25, 0.3) is 0 Å². The summed E-state index contributed by atoms with van der Waals surface area (Å²) in [7, 11) is 0. The maximum absolute atomic E-state index is 10.8. The Bertz CT molecular complexity index is 653. The normalized spacial score (nSPS) is 14.2. The molecule has 1 aromatic heterocycles. The molecule has 20 heavy (non-hydrogen) atoms. The van der Waals surface area contributed by atoms with Crippen molar-refractivity contribution in [3.8, 4) is 0 Å². The van der Waals surface area contributed by atoms with E-state index in [1.165, 1.54) is 10.4 Å². The molecule has 104 valence electrons. The predicted octanol–water partition coefficient (Wildman–Crippen LogP) is 3.59. The van der Waals surface area contributed by atoms with Crippen LogP contribution in [0.25, 0.3) is 0 Å². The third-order valence-corrected chi connectivity index (χ3v) is 4.99. The number of para-hydroxylation sites is 1. The topological polar surface area (TPSA) is 40.5 Å². The van der Waals surface area contributed by atoms with Crippen molar-refractivity contribution in [2.75, 3.05) is 11.4 Å². The van der Waals surface area contributed by atoms with Gasteiger partial charge in [-0.05, 0) is 30.2 Å². The number of hydrogen-bond donors (Lipinski definition) is 1. The van der Waals surface area contributed by atoms with E-state index in [1.54, 1.807) is 11.3 Å². The van der Waals surface area contributed by atoms with Crippen LogP contribution in [0.3, 0.4) is 0 Å². The summed E-state index contributed by atoms with van der Waals surface area (Å²) in [6.45, 7) is 1.72. The zero-order valence-electron chi connectivity index (χ0n) is 10.8. The molecule has 0 saturated heterocycles. The minimum absolute atomic E-state index is 0.115. The Labute approximate surface area is 126 Å². The van der Waals surface area contributed by atoms with Gasteiger partial charge in [0.05, 0.1) is 17.1 Å². The highest BCUT2D eigenvalue weighted by Crippen LogP contribution is 2.33. The van der Waals surface area contributed by atoms with Crippen LogP contribution >= 0.6 is 22.9 Å². The van der Waals surface area contributed by atoms with Crippen molar-refractivity contribution in [1.82, 2.24) is 0 Å². The van der Waals surface area contributed by atoms with E-state index in [0.29, 0.717) is 0 Å². The molecule has 0 unspecified atom stereocenters. The summed E-state index contributed by atoms with van der Waals surface area (Å²) < 4.78 is 0. The lowest BCUT2D eigenvalue weighted by atomic mass is 10.1. The molecule has 1 aliphatic heterocycles. The van der Waals surface area contributed by atoms with Crippen LogP contribution in [0.4, 0.5) is 5.69 Å². The Morgan fingerprint density at radius 3 is 2.95 bits per heavy atom. The zero-order chi connectivity index (χ0) is 14.1. The highest BCUT2D eigenvalue weighted by molar-refractivity contribution is 7.12. The van der Waals surface area contributed by atoms with Crippen LogP contribution in [0, 0.1) is 0 Å². The van der Waals surface area contributed by atoms with Gasteiger partial charge in [0.15, 0.2) is 0 Å². The molecule has 0 bridgehead atoms. The lowest BCUT2D eigenvalue weighted by Gasteiger charge is -2.29. The number of fused-ring (bicyclic) bond motifs is 1. The number of halogens is 1. The maximum atomic E-state index is 10.8. The summed E-state index contributed by atoms with van der Waals surface area (Å²) in [4.78, 5) is 15.3. The molecule has 5 heteroatoms. The summed E-state index contributed by atoms with van der Waals surface area (Å²) in [5.74, 6) is -0.772. The third-order valence-electron chi connectivity index (χ3n) is 3.44. The summed E-state index contributed by atoms with van der Waals surface area (Å²) in [5, 5.41) is 9.63. The van der Waals surface area contributed by atoms with Gasteiger partial charge in [-0.15, -0.1) is 11.3 Å². The van der Waals surface area contributed by atoms with Gasteiger partial charge in [0, 0.05) is 22.8 Å². The molecular weight excluding hydrogens is 294 g/mol. The number of rotatable bonds is 3. The fraction of sp³-hybridized carbons (Fsp3) is 0.267. The van der Waals surface area contributed by atoms with Crippen LogP contribution in [0.15, 0.2) is 30.3 Å². The quantitative estimate of drug-likeness (QED) is 0.942. The molecule has 1 aliphatic rings. The Morgan fingerprint density at radius 2 is 2.20 bits per heavy atom. The molecular formula is C15H14ClNO2S.